The number of hydrogen-bond donors (Lipinski definition) is 2. The molecule has 0 saturated heterocycles. The van der Waals surface area contributed by atoms with Gasteiger partial charge in [-0.05, 0) is 25.0 Å². The Bertz CT molecular complexity index is 619. The van der Waals surface area contributed by atoms with Gasteiger partial charge < -0.3 is 10.4 Å². The molecular formula is C17H24N4O2. The normalized spacial score (nSPS) is 11.4. The van der Waals surface area contributed by atoms with Crippen molar-refractivity contribution < 1.29 is 9.90 Å². The van der Waals surface area contributed by atoms with Crippen LogP contribution < -0.4 is 5.32 Å². The summed E-state index contributed by atoms with van der Waals surface area (Å²) in [6.45, 7) is 4.29. The van der Waals surface area contributed by atoms with Crippen LogP contribution in [0.1, 0.15) is 50.0 Å². The van der Waals surface area contributed by atoms with E-state index in [1.165, 1.54) is 0 Å². The quantitative estimate of drug-likeness (QED) is 0.783. The Labute approximate surface area is 136 Å². The van der Waals surface area contributed by atoms with Crippen LogP contribution in [0.4, 0.5) is 0 Å². The van der Waals surface area contributed by atoms with Crippen LogP contribution >= 0.6 is 0 Å². The van der Waals surface area contributed by atoms with E-state index >= 15 is 0 Å². The second kappa shape index (κ2) is 7.87. The van der Waals surface area contributed by atoms with Crippen molar-refractivity contribution in [3.05, 3.63) is 42.6 Å². The second-order valence-corrected chi connectivity index (χ2v) is 5.76. The predicted octanol–water partition coefficient (Wildman–Crippen LogP) is 2.33. The van der Waals surface area contributed by atoms with Gasteiger partial charge >= 0.3 is 0 Å². The molecule has 23 heavy (non-hydrogen) atoms. The lowest BCUT2D eigenvalue weighted by atomic mass is 9.92. The molecule has 0 aliphatic rings. The maximum Gasteiger partial charge on any atom is 0.270 e. The number of rotatable bonds is 8. The molecule has 2 aromatic rings. The number of carbonyl (C=O) groups excluding carboxylic acids is 1. The minimum absolute atomic E-state index is 0.241. The molecule has 2 heterocycles. The van der Waals surface area contributed by atoms with Crippen LogP contribution in [0.2, 0.25) is 0 Å². The minimum Gasteiger partial charge on any atom is -0.388 e. The largest absolute Gasteiger partial charge is 0.388 e. The van der Waals surface area contributed by atoms with Gasteiger partial charge in [-0.1, -0.05) is 32.8 Å². The fraction of sp³-hybridized carbons (Fsp3) is 0.471. The van der Waals surface area contributed by atoms with Gasteiger partial charge in [0.1, 0.15) is 17.8 Å². The summed E-state index contributed by atoms with van der Waals surface area (Å²) in [5, 5.41) is 13.4. The predicted molar refractivity (Wildman–Crippen MR) is 88.5 cm³/mol. The Kier molecular flexibility index (Phi) is 5.87. The molecule has 2 rings (SSSR count). The number of aromatic nitrogens is 3. The van der Waals surface area contributed by atoms with Gasteiger partial charge in [0.15, 0.2) is 0 Å². The fourth-order valence-electron chi connectivity index (χ4n) is 2.66. The summed E-state index contributed by atoms with van der Waals surface area (Å²) >= 11 is 0. The third-order valence-electron chi connectivity index (χ3n) is 3.74. The van der Waals surface area contributed by atoms with Crippen molar-refractivity contribution >= 4 is 5.91 Å². The van der Waals surface area contributed by atoms with Crippen molar-refractivity contribution in [1.29, 1.82) is 0 Å². The number of nitrogens with zero attached hydrogens (tertiary/aromatic N) is 3. The molecule has 1 amide bonds. The van der Waals surface area contributed by atoms with Gasteiger partial charge in [0, 0.05) is 18.9 Å². The van der Waals surface area contributed by atoms with E-state index in [0.29, 0.717) is 24.4 Å². The molecule has 0 aliphatic heterocycles. The average molecular weight is 316 g/mol. The average Bonchev–Trinajstić information content (AvgIpc) is 3.08. The molecule has 0 bridgehead atoms. The van der Waals surface area contributed by atoms with E-state index in [0.717, 1.165) is 12.8 Å². The molecule has 6 nitrogen and oxygen atoms in total. The van der Waals surface area contributed by atoms with Crippen LogP contribution in [0.3, 0.4) is 0 Å². The molecule has 0 aliphatic carbocycles. The zero-order valence-electron chi connectivity index (χ0n) is 13.7. The van der Waals surface area contributed by atoms with Crippen LogP contribution in [0, 0.1) is 0 Å². The number of hydrogen-bond acceptors (Lipinski definition) is 4. The molecule has 2 N–H and O–H groups in total. The lowest BCUT2D eigenvalue weighted by Crippen LogP contribution is -2.43. The van der Waals surface area contributed by atoms with Crippen LogP contribution in [-0.4, -0.2) is 37.7 Å². The van der Waals surface area contributed by atoms with Gasteiger partial charge in [-0.3, -0.25) is 9.36 Å². The Morgan fingerprint density at radius 2 is 2.04 bits per heavy atom. The maximum absolute atomic E-state index is 12.3. The Morgan fingerprint density at radius 3 is 2.65 bits per heavy atom. The number of pyridine rings is 1. The van der Waals surface area contributed by atoms with Gasteiger partial charge in [0.05, 0.1) is 5.60 Å². The third-order valence-corrected chi connectivity index (χ3v) is 3.74. The molecular weight excluding hydrogens is 292 g/mol. The highest BCUT2D eigenvalue weighted by atomic mass is 16.3. The number of imidazole rings is 1. The maximum atomic E-state index is 12.3. The van der Waals surface area contributed by atoms with Crippen molar-refractivity contribution in [1.82, 2.24) is 19.9 Å². The number of aliphatic hydroxyl groups is 1. The number of nitrogens with one attached hydrogen (secondary N) is 1. The Balaban J connectivity index is 2.04. The van der Waals surface area contributed by atoms with Crippen molar-refractivity contribution in [3.63, 3.8) is 0 Å². The molecule has 124 valence electrons. The molecule has 0 saturated carbocycles. The van der Waals surface area contributed by atoms with E-state index in [1.54, 1.807) is 35.4 Å². The molecule has 0 radical (unpaired) electrons. The topological polar surface area (TPSA) is 80.0 Å². The van der Waals surface area contributed by atoms with E-state index in [2.05, 4.69) is 15.3 Å². The van der Waals surface area contributed by atoms with E-state index in [9.17, 15) is 9.90 Å². The molecule has 6 heteroatoms. The highest BCUT2D eigenvalue weighted by Gasteiger charge is 2.25. The SMILES string of the molecule is CCCC(O)(CCC)CNC(=O)c1cccc(-n2ccnc2)n1. The first kappa shape index (κ1) is 17.1. The first-order valence-electron chi connectivity index (χ1n) is 8.04. The van der Waals surface area contributed by atoms with E-state index < -0.39 is 5.60 Å². The third kappa shape index (κ3) is 4.63. The highest BCUT2D eigenvalue weighted by Crippen LogP contribution is 2.18. The first-order valence-corrected chi connectivity index (χ1v) is 8.04. The van der Waals surface area contributed by atoms with Gasteiger partial charge in [0.2, 0.25) is 0 Å². The second-order valence-electron chi connectivity index (χ2n) is 5.76. The van der Waals surface area contributed by atoms with Crippen LogP contribution in [0.25, 0.3) is 5.82 Å². The van der Waals surface area contributed by atoms with Gasteiger partial charge in [-0.15, -0.1) is 0 Å². The minimum atomic E-state index is -0.846. The van der Waals surface area contributed by atoms with Gasteiger partial charge in [-0.2, -0.15) is 0 Å². The van der Waals surface area contributed by atoms with Crippen LogP contribution in [0.15, 0.2) is 36.9 Å². The number of amides is 1. The smallest absolute Gasteiger partial charge is 0.270 e. The number of carbonyl (C=O) groups is 1. The lowest BCUT2D eigenvalue weighted by Gasteiger charge is -2.27. The summed E-state index contributed by atoms with van der Waals surface area (Å²) in [4.78, 5) is 20.6. The first-order chi connectivity index (χ1) is 11.1. The summed E-state index contributed by atoms with van der Waals surface area (Å²) in [6, 6.07) is 5.25. The Morgan fingerprint density at radius 1 is 1.30 bits per heavy atom. The molecule has 0 spiro atoms. The van der Waals surface area contributed by atoms with Crippen LogP contribution in [-0.2, 0) is 0 Å². The standard InChI is InChI=1S/C17H24N4O2/c1-3-8-17(23,9-4-2)12-19-16(22)14-6-5-7-15(20-14)21-11-10-18-13-21/h5-7,10-11,13,23H,3-4,8-9,12H2,1-2H3,(H,19,22). The fourth-order valence-corrected chi connectivity index (χ4v) is 2.66. The van der Waals surface area contributed by atoms with Gasteiger partial charge in [0.25, 0.3) is 5.91 Å². The summed E-state index contributed by atoms with van der Waals surface area (Å²) in [5.41, 5.74) is -0.521. The monoisotopic (exact) mass is 316 g/mol. The molecule has 0 fully saturated rings. The van der Waals surface area contributed by atoms with E-state index in [1.807, 2.05) is 19.9 Å². The Hall–Kier alpha value is -2.21. The molecule has 2 aromatic heterocycles. The summed E-state index contributed by atoms with van der Waals surface area (Å²) in [6.07, 6.45) is 8.15. The zero-order chi connectivity index (χ0) is 16.7. The van der Waals surface area contributed by atoms with Gasteiger partial charge in [-0.25, -0.2) is 9.97 Å². The van der Waals surface area contributed by atoms with Crippen LogP contribution in [0.5, 0.6) is 0 Å². The van der Waals surface area contributed by atoms with E-state index in [4.69, 9.17) is 0 Å². The lowest BCUT2D eigenvalue weighted by molar-refractivity contribution is 0.0212. The molecule has 0 atom stereocenters. The van der Waals surface area contributed by atoms with Crippen molar-refractivity contribution in [2.75, 3.05) is 6.54 Å². The van der Waals surface area contributed by atoms with Crippen molar-refractivity contribution in [2.24, 2.45) is 0 Å². The highest BCUT2D eigenvalue weighted by molar-refractivity contribution is 5.92. The molecule has 0 unspecified atom stereocenters. The molecule has 0 aromatic carbocycles. The van der Waals surface area contributed by atoms with E-state index in [-0.39, 0.29) is 12.5 Å². The summed E-state index contributed by atoms with van der Waals surface area (Å²) in [7, 11) is 0. The van der Waals surface area contributed by atoms with Crippen molar-refractivity contribution in [3.8, 4) is 5.82 Å². The summed E-state index contributed by atoms with van der Waals surface area (Å²) in [5.74, 6) is 0.352. The zero-order valence-corrected chi connectivity index (χ0v) is 13.7. The summed E-state index contributed by atoms with van der Waals surface area (Å²) < 4.78 is 1.74. The van der Waals surface area contributed by atoms with Crippen molar-refractivity contribution in [2.45, 2.75) is 45.1 Å².